The Balaban J connectivity index is 2.67. The second kappa shape index (κ2) is 6.75. The summed E-state index contributed by atoms with van der Waals surface area (Å²) in [5.74, 6) is 0.504. The normalized spacial score (nSPS) is 10.1. The molecule has 0 aliphatic carbocycles. The highest BCUT2D eigenvalue weighted by Crippen LogP contribution is 2.18. The average molecular weight is 305 g/mol. The van der Waals surface area contributed by atoms with Gasteiger partial charge in [0.1, 0.15) is 11.4 Å². The lowest BCUT2D eigenvalue weighted by molar-refractivity contribution is 0.0697. The minimum absolute atomic E-state index is 0.193. The van der Waals surface area contributed by atoms with Crippen LogP contribution in [0.4, 0.5) is 5.82 Å². The van der Waals surface area contributed by atoms with Crippen LogP contribution in [0.2, 0.25) is 0 Å². The molecule has 0 fully saturated rings. The number of thioether (sulfide) groups is 1. The molecule has 1 aromatic heterocycles. The Morgan fingerprint density at radius 2 is 2.44 bits per heavy atom. The third-order valence-corrected chi connectivity index (χ3v) is 3.03. The summed E-state index contributed by atoms with van der Waals surface area (Å²) >= 11 is 4.97. The summed E-state index contributed by atoms with van der Waals surface area (Å²) in [6.07, 6.45) is 4.61. The first kappa shape index (κ1) is 13.3. The zero-order valence-corrected chi connectivity index (χ0v) is 11.3. The van der Waals surface area contributed by atoms with Gasteiger partial charge in [0.25, 0.3) is 0 Å². The molecule has 0 saturated heterocycles. The standard InChI is InChI=1S/C10H13BrN2O2S/c1-16-4-2-3-12-9-8(10(14)15)5-7(11)6-13-9/h5-6H,2-4H2,1H3,(H,12,13)(H,14,15). The molecule has 0 spiro atoms. The van der Waals surface area contributed by atoms with E-state index in [2.05, 4.69) is 26.2 Å². The van der Waals surface area contributed by atoms with Gasteiger partial charge in [-0.3, -0.25) is 0 Å². The SMILES string of the molecule is CSCCCNc1ncc(Br)cc1C(=O)O. The molecule has 16 heavy (non-hydrogen) atoms. The number of hydrogen-bond acceptors (Lipinski definition) is 4. The summed E-state index contributed by atoms with van der Waals surface area (Å²) in [7, 11) is 0. The van der Waals surface area contributed by atoms with E-state index >= 15 is 0 Å². The molecule has 6 heteroatoms. The number of halogens is 1. The van der Waals surface area contributed by atoms with Crippen molar-refractivity contribution in [2.45, 2.75) is 6.42 Å². The van der Waals surface area contributed by atoms with Gasteiger partial charge in [0, 0.05) is 17.2 Å². The fraction of sp³-hybridized carbons (Fsp3) is 0.400. The highest BCUT2D eigenvalue weighted by atomic mass is 79.9. The molecule has 0 aliphatic rings. The molecule has 1 rings (SSSR count). The summed E-state index contributed by atoms with van der Waals surface area (Å²) in [6, 6.07) is 1.55. The van der Waals surface area contributed by atoms with E-state index in [4.69, 9.17) is 5.11 Å². The van der Waals surface area contributed by atoms with Crippen LogP contribution < -0.4 is 5.32 Å². The van der Waals surface area contributed by atoms with Gasteiger partial charge in [-0.15, -0.1) is 0 Å². The van der Waals surface area contributed by atoms with Crippen molar-refractivity contribution >= 4 is 39.5 Å². The Kier molecular flexibility index (Phi) is 5.62. The Morgan fingerprint density at radius 1 is 1.69 bits per heavy atom. The van der Waals surface area contributed by atoms with E-state index in [0.29, 0.717) is 10.3 Å². The number of carboxylic acids is 1. The Morgan fingerprint density at radius 3 is 3.06 bits per heavy atom. The first-order valence-electron chi connectivity index (χ1n) is 4.77. The number of aromatic nitrogens is 1. The predicted octanol–water partition coefficient (Wildman–Crippen LogP) is 2.71. The Bertz CT molecular complexity index is 374. The van der Waals surface area contributed by atoms with Crippen LogP contribution in [0.15, 0.2) is 16.7 Å². The van der Waals surface area contributed by atoms with Gasteiger partial charge in [-0.1, -0.05) is 0 Å². The van der Waals surface area contributed by atoms with E-state index < -0.39 is 5.97 Å². The number of anilines is 1. The second-order valence-corrected chi connectivity index (χ2v) is 5.03. The van der Waals surface area contributed by atoms with Crippen LogP contribution >= 0.6 is 27.7 Å². The molecular weight excluding hydrogens is 292 g/mol. The average Bonchev–Trinajstić information content (AvgIpc) is 2.26. The van der Waals surface area contributed by atoms with E-state index in [-0.39, 0.29) is 5.56 Å². The van der Waals surface area contributed by atoms with E-state index in [0.717, 1.165) is 18.7 Å². The topological polar surface area (TPSA) is 62.2 Å². The number of carboxylic acid groups (broad SMARTS) is 1. The van der Waals surface area contributed by atoms with Crippen molar-refractivity contribution in [3.8, 4) is 0 Å². The molecule has 0 atom stereocenters. The molecule has 2 N–H and O–H groups in total. The van der Waals surface area contributed by atoms with Crippen molar-refractivity contribution in [2.75, 3.05) is 23.9 Å². The smallest absolute Gasteiger partial charge is 0.339 e. The van der Waals surface area contributed by atoms with Crippen molar-refractivity contribution < 1.29 is 9.90 Å². The Labute approximate surface area is 107 Å². The lowest BCUT2D eigenvalue weighted by Gasteiger charge is -2.08. The van der Waals surface area contributed by atoms with Crippen molar-refractivity contribution in [3.05, 3.63) is 22.3 Å². The van der Waals surface area contributed by atoms with E-state index in [9.17, 15) is 4.79 Å². The quantitative estimate of drug-likeness (QED) is 0.791. The second-order valence-electron chi connectivity index (χ2n) is 3.13. The van der Waals surface area contributed by atoms with Crippen LogP contribution in [0.1, 0.15) is 16.8 Å². The van der Waals surface area contributed by atoms with E-state index in [1.807, 2.05) is 6.26 Å². The number of aromatic carboxylic acids is 1. The third kappa shape index (κ3) is 4.02. The largest absolute Gasteiger partial charge is 0.478 e. The van der Waals surface area contributed by atoms with E-state index in [1.165, 1.54) is 0 Å². The van der Waals surface area contributed by atoms with Gasteiger partial charge in [-0.2, -0.15) is 11.8 Å². The molecule has 88 valence electrons. The lowest BCUT2D eigenvalue weighted by Crippen LogP contribution is -2.10. The molecule has 0 saturated carbocycles. The van der Waals surface area contributed by atoms with Crippen LogP contribution in [-0.4, -0.2) is 34.6 Å². The number of hydrogen-bond donors (Lipinski definition) is 2. The molecule has 0 aromatic carbocycles. The molecule has 0 amide bonds. The van der Waals surface area contributed by atoms with Gasteiger partial charge in [0.15, 0.2) is 0 Å². The summed E-state index contributed by atoms with van der Waals surface area (Å²) < 4.78 is 0.666. The predicted molar refractivity (Wildman–Crippen MR) is 70.4 cm³/mol. The molecular formula is C10H13BrN2O2S. The van der Waals surface area contributed by atoms with Crippen LogP contribution in [0.3, 0.4) is 0 Å². The van der Waals surface area contributed by atoms with Crippen LogP contribution in [0.5, 0.6) is 0 Å². The minimum atomic E-state index is -0.971. The number of nitrogens with one attached hydrogen (secondary N) is 1. The highest BCUT2D eigenvalue weighted by molar-refractivity contribution is 9.10. The van der Waals surface area contributed by atoms with E-state index in [1.54, 1.807) is 24.0 Å². The minimum Gasteiger partial charge on any atom is -0.478 e. The number of nitrogens with zero attached hydrogens (tertiary/aromatic N) is 1. The fourth-order valence-corrected chi connectivity index (χ4v) is 1.93. The summed E-state index contributed by atoms with van der Waals surface area (Å²) in [6.45, 7) is 0.732. The van der Waals surface area contributed by atoms with Crippen LogP contribution in [0.25, 0.3) is 0 Å². The van der Waals surface area contributed by atoms with Crippen molar-refractivity contribution in [1.82, 2.24) is 4.98 Å². The Hall–Kier alpha value is -0.750. The first-order valence-corrected chi connectivity index (χ1v) is 6.95. The zero-order valence-electron chi connectivity index (χ0n) is 8.86. The third-order valence-electron chi connectivity index (χ3n) is 1.90. The molecule has 4 nitrogen and oxygen atoms in total. The van der Waals surface area contributed by atoms with Crippen molar-refractivity contribution in [2.24, 2.45) is 0 Å². The number of carbonyl (C=O) groups is 1. The van der Waals surface area contributed by atoms with Crippen molar-refractivity contribution in [3.63, 3.8) is 0 Å². The molecule has 0 radical (unpaired) electrons. The lowest BCUT2D eigenvalue weighted by atomic mass is 10.2. The van der Waals surface area contributed by atoms with Gasteiger partial charge in [-0.05, 0) is 40.4 Å². The highest BCUT2D eigenvalue weighted by Gasteiger charge is 2.11. The van der Waals surface area contributed by atoms with Crippen LogP contribution in [-0.2, 0) is 0 Å². The van der Waals surface area contributed by atoms with Gasteiger partial charge < -0.3 is 10.4 Å². The molecule has 1 aromatic rings. The summed E-state index contributed by atoms with van der Waals surface area (Å²) in [4.78, 5) is 15.0. The van der Waals surface area contributed by atoms with Gasteiger partial charge >= 0.3 is 5.97 Å². The maximum atomic E-state index is 11.0. The molecule has 0 bridgehead atoms. The number of rotatable bonds is 6. The van der Waals surface area contributed by atoms with Crippen molar-refractivity contribution in [1.29, 1.82) is 0 Å². The summed E-state index contributed by atoms with van der Waals surface area (Å²) in [5, 5.41) is 12.0. The zero-order chi connectivity index (χ0) is 12.0. The van der Waals surface area contributed by atoms with Gasteiger partial charge in [0.2, 0.25) is 0 Å². The van der Waals surface area contributed by atoms with Gasteiger partial charge in [-0.25, -0.2) is 9.78 Å². The molecule has 1 heterocycles. The fourth-order valence-electron chi connectivity index (χ4n) is 1.17. The molecule has 0 aliphatic heterocycles. The first-order chi connectivity index (χ1) is 7.65. The maximum absolute atomic E-state index is 11.0. The van der Waals surface area contributed by atoms with Crippen LogP contribution in [0, 0.1) is 0 Å². The summed E-state index contributed by atoms with van der Waals surface area (Å²) in [5.41, 5.74) is 0.193. The molecule has 0 unspecified atom stereocenters. The number of pyridine rings is 1. The maximum Gasteiger partial charge on any atom is 0.339 e. The monoisotopic (exact) mass is 304 g/mol. The van der Waals surface area contributed by atoms with Gasteiger partial charge in [0.05, 0.1) is 0 Å².